The lowest BCUT2D eigenvalue weighted by Crippen LogP contribution is -2.46. The minimum Gasteiger partial charge on any atom is -0.484 e. The molecule has 0 fully saturated rings. The van der Waals surface area contributed by atoms with Crippen molar-refractivity contribution in [1.29, 1.82) is 5.41 Å². The van der Waals surface area contributed by atoms with Crippen LogP contribution in [0.3, 0.4) is 0 Å². The summed E-state index contributed by atoms with van der Waals surface area (Å²) >= 11 is 0. The Labute approximate surface area is 223 Å². The van der Waals surface area contributed by atoms with E-state index in [4.69, 9.17) is 19.6 Å². The number of benzene rings is 3. The van der Waals surface area contributed by atoms with Crippen LogP contribution in [-0.4, -0.2) is 42.0 Å². The van der Waals surface area contributed by atoms with Crippen LogP contribution >= 0.6 is 0 Å². The van der Waals surface area contributed by atoms with Crippen molar-refractivity contribution in [3.8, 4) is 11.5 Å². The molecule has 0 saturated carbocycles. The standard InChI is InChI=1S/C28H27F2N3O6/c1-16(32-27(36)28(2,29)30)25(17-6-7-19-14-37-15-38-24(19)12-17)39-22-8-9-23(20(11-22)13-31)33-21-5-3-4-18(10-21)26(34)35/h3-13,16,25,31,33H,14-15H2,1-2H3,(H,32,36)(H,34,35). The fourth-order valence-electron chi connectivity index (χ4n) is 4.01. The molecule has 0 aromatic heterocycles. The molecule has 4 rings (SSSR count). The number of fused-ring (bicyclic) bond motifs is 1. The summed E-state index contributed by atoms with van der Waals surface area (Å²) in [6.07, 6.45) is 0.207. The van der Waals surface area contributed by atoms with Crippen LogP contribution in [0.4, 0.5) is 20.2 Å². The third kappa shape index (κ3) is 6.68. The van der Waals surface area contributed by atoms with E-state index in [0.717, 1.165) is 11.8 Å². The van der Waals surface area contributed by atoms with Gasteiger partial charge in [-0.3, -0.25) is 4.79 Å². The zero-order valence-corrected chi connectivity index (χ0v) is 21.2. The Morgan fingerprint density at radius 1 is 1.15 bits per heavy atom. The average molecular weight is 540 g/mol. The number of aromatic carboxylic acids is 1. The Balaban J connectivity index is 1.63. The summed E-state index contributed by atoms with van der Waals surface area (Å²) in [6.45, 7) is 2.51. The largest absolute Gasteiger partial charge is 0.484 e. The highest BCUT2D eigenvalue weighted by atomic mass is 19.3. The Morgan fingerprint density at radius 3 is 2.67 bits per heavy atom. The topological polar surface area (TPSA) is 130 Å². The Morgan fingerprint density at radius 2 is 1.95 bits per heavy atom. The predicted octanol–water partition coefficient (Wildman–Crippen LogP) is 5.27. The summed E-state index contributed by atoms with van der Waals surface area (Å²) in [5.74, 6) is -5.20. The fraction of sp³-hybridized carbons (Fsp3) is 0.250. The second-order valence-electron chi connectivity index (χ2n) is 9.07. The molecule has 0 saturated heterocycles. The lowest BCUT2D eigenvalue weighted by Gasteiger charge is -2.29. The van der Waals surface area contributed by atoms with E-state index in [0.29, 0.717) is 47.5 Å². The molecule has 1 amide bonds. The van der Waals surface area contributed by atoms with Gasteiger partial charge in [-0.05, 0) is 55.0 Å². The van der Waals surface area contributed by atoms with Crippen molar-refractivity contribution in [2.24, 2.45) is 0 Å². The normalized spacial score (nSPS) is 14.3. The summed E-state index contributed by atoms with van der Waals surface area (Å²) in [7, 11) is 0. The quantitative estimate of drug-likeness (QED) is 0.258. The SMILES string of the molecule is CC(NC(=O)C(C)(F)F)C(Oc1ccc(Nc2cccc(C(=O)O)c2)c(C=N)c1)c1ccc2c(c1)OCOC2. The number of carbonyl (C=O) groups is 2. The van der Waals surface area contributed by atoms with Crippen LogP contribution in [0.1, 0.15) is 47.0 Å². The highest BCUT2D eigenvalue weighted by molar-refractivity contribution is 5.91. The summed E-state index contributed by atoms with van der Waals surface area (Å²) in [4.78, 5) is 23.3. The first-order valence-corrected chi connectivity index (χ1v) is 12.0. The van der Waals surface area contributed by atoms with Crippen molar-refractivity contribution in [3.05, 3.63) is 82.9 Å². The molecule has 204 valence electrons. The molecular weight excluding hydrogens is 512 g/mol. The van der Waals surface area contributed by atoms with Gasteiger partial charge >= 0.3 is 11.9 Å². The van der Waals surface area contributed by atoms with E-state index in [9.17, 15) is 23.5 Å². The van der Waals surface area contributed by atoms with Crippen molar-refractivity contribution in [2.45, 2.75) is 38.5 Å². The van der Waals surface area contributed by atoms with Crippen LogP contribution in [0.25, 0.3) is 0 Å². The zero-order chi connectivity index (χ0) is 28.2. The van der Waals surface area contributed by atoms with Crippen molar-refractivity contribution in [1.82, 2.24) is 5.32 Å². The van der Waals surface area contributed by atoms with Crippen molar-refractivity contribution >= 4 is 29.5 Å². The van der Waals surface area contributed by atoms with Gasteiger partial charge in [-0.2, -0.15) is 8.78 Å². The number of ether oxygens (including phenoxy) is 3. The minimum atomic E-state index is -3.58. The van der Waals surface area contributed by atoms with E-state index in [1.807, 2.05) is 0 Å². The molecule has 1 aliphatic rings. The van der Waals surface area contributed by atoms with Crippen molar-refractivity contribution < 1.29 is 37.7 Å². The first-order chi connectivity index (χ1) is 18.5. The fourth-order valence-corrected chi connectivity index (χ4v) is 4.01. The van der Waals surface area contributed by atoms with E-state index in [1.165, 1.54) is 12.1 Å². The van der Waals surface area contributed by atoms with Gasteiger partial charge in [0.15, 0.2) is 6.79 Å². The van der Waals surface area contributed by atoms with Gasteiger partial charge in [-0.25, -0.2) is 4.79 Å². The molecule has 1 aliphatic heterocycles. The Bertz CT molecular complexity index is 1390. The molecule has 0 spiro atoms. The maximum atomic E-state index is 13.6. The van der Waals surface area contributed by atoms with E-state index in [-0.39, 0.29) is 12.4 Å². The Kier molecular flexibility index (Phi) is 8.10. The van der Waals surface area contributed by atoms with Crippen molar-refractivity contribution in [3.63, 3.8) is 0 Å². The van der Waals surface area contributed by atoms with Gasteiger partial charge in [-0.15, -0.1) is 0 Å². The number of nitrogens with one attached hydrogen (secondary N) is 3. The molecule has 1 heterocycles. The zero-order valence-electron chi connectivity index (χ0n) is 21.2. The molecule has 3 aromatic rings. The van der Waals surface area contributed by atoms with Gasteiger partial charge in [0.1, 0.15) is 17.6 Å². The van der Waals surface area contributed by atoms with Crippen LogP contribution in [0.2, 0.25) is 0 Å². The highest BCUT2D eigenvalue weighted by Gasteiger charge is 2.35. The van der Waals surface area contributed by atoms with Crippen molar-refractivity contribution in [2.75, 3.05) is 12.1 Å². The van der Waals surface area contributed by atoms with Crippen LogP contribution in [0.5, 0.6) is 11.5 Å². The van der Waals surface area contributed by atoms with Crippen LogP contribution in [-0.2, 0) is 16.1 Å². The first kappa shape index (κ1) is 27.5. The van der Waals surface area contributed by atoms with Gasteiger partial charge in [0, 0.05) is 35.6 Å². The second kappa shape index (κ2) is 11.5. The van der Waals surface area contributed by atoms with E-state index < -0.39 is 29.9 Å². The van der Waals surface area contributed by atoms with Gasteiger partial charge < -0.3 is 35.4 Å². The maximum Gasteiger partial charge on any atom is 0.335 e. The molecule has 39 heavy (non-hydrogen) atoms. The van der Waals surface area contributed by atoms with Crippen LogP contribution in [0, 0.1) is 5.41 Å². The average Bonchev–Trinajstić information content (AvgIpc) is 2.91. The molecule has 3 aromatic carbocycles. The minimum absolute atomic E-state index is 0.0723. The molecule has 11 heteroatoms. The molecule has 9 nitrogen and oxygen atoms in total. The van der Waals surface area contributed by atoms with E-state index in [2.05, 4.69) is 10.6 Å². The van der Waals surface area contributed by atoms with E-state index >= 15 is 0 Å². The molecule has 0 bridgehead atoms. The summed E-state index contributed by atoms with van der Waals surface area (Å²) in [6, 6.07) is 15.4. The lowest BCUT2D eigenvalue weighted by atomic mass is 10.00. The molecule has 2 atom stereocenters. The maximum absolute atomic E-state index is 13.6. The van der Waals surface area contributed by atoms with Gasteiger partial charge in [0.05, 0.1) is 18.2 Å². The lowest BCUT2D eigenvalue weighted by molar-refractivity contribution is -0.144. The molecule has 0 aliphatic carbocycles. The third-order valence-electron chi connectivity index (χ3n) is 6.02. The summed E-state index contributed by atoms with van der Waals surface area (Å²) < 4.78 is 44.3. The van der Waals surface area contributed by atoms with Gasteiger partial charge in [0.25, 0.3) is 5.91 Å². The van der Waals surface area contributed by atoms with Gasteiger partial charge in [0.2, 0.25) is 0 Å². The number of alkyl halides is 2. The number of hydrogen-bond donors (Lipinski definition) is 4. The number of carbonyl (C=O) groups excluding carboxylic acids is 1. The number of anilines is 2. The second-order valence-corrected chi connectivity index (χ2v) is 9.07. The smallest absolute Gasteiger partial charge is 0.335 e. The molecule has 4 N–H and O–H groups in total. The summed E-state index contributed by atoms with van der Waals surface area (Å²) in [5.41, 5.74) is 2.95. The third-order valence-corrected chi connectivity index (χ3v) is 6.02. The number of amides is 1. The molecule has 0 radical (unpaired) electrons. The number of hydrogen-bond acceptors (Lipinski definition) is 7. The van der Waals surface area contributed by atoms with Crippen LogP contribution < -0.4 is 20.1 Å². The highest BCUT2D eigenvalue weighted by Crippen LogP contribution is 2.33. The molecular formula is C28H27F2N3O6. The first-order valence-electron chi connectivity index (χ1n) is 12.0. The predicted molar refractivity (Wildman–Crippen MR) is 139 cm³/mol. The monoisotopic (exact) mass is 539 g/mol. The van der Waals surface area contributed by atoms with E-state index in [1.54, 1.807) is 55.5 Å². The number of carboxylic acids is 1. The Hall–Kier alpha value is -4.51. The number of halogens is 2. The molecule has 2 unspecified atom stereocenters. The van der Waals surface area contributed by atoms with Gasteiger partial charge in [-0.1, -0.05) is 18.2 Å². The number of rotatable bonds is 10. The van der Waals surface area contributed by atoms with Crippen LogP contribution in [0.15, 0.2) is 60.7 Å². The number of carboxylic acid groups (broad SMARTS) is 1. The summed E-state index contributed by atoms with van der Waals surface area (Å²) in [5, 5.41) is 22.5.